The maximum absolute atomic E-state index is 12.0. The van der Waals surface area contributed by atoms with Crippen LogP contribution < -0.4 is 4.90 Å². The number of hydrogen-bond acceptors (Lipinski definition) is 5. The molecule has 0 spiro atoms. The van der Waals surface area contributed by atoms with Crippen molar-refractivity contribution in [1.29, 1.82) is 0 Å². The van der Waals surface area contributed by atoms with Crippen molar-refractivity contribution in [3.63, 3.8) is 0 Å². The molecule has 1 saturated heterocycles. The van der Waals surface area contributed by atoms with Gasteiger partial charge in [0.1, 0.15) is 16.0 Å². The highest BCUT2D eigenvalue weighted by atomic mass is 79.9. The van der Waals surface area contributed by atoms with Gasteiger partial charge in [0.15, 0.2) is 0 Å². The van der Waals surface area contributed by atoms with E-state index in [9.17, 15) is 4.79 Å². The highest BCUT2D eigenvalue weighted by Gasteiger charge is 2.31. The van der Waals surface area contributed by atoms with E-state index in [-0.39, 0.29) is 12.1 Å². The zero-order valence-corrected chi connectivity index (χ0v) is 12.9. The first kappa shape index (κ1) is 14.3. The van der Waals surface area contributed by atoms with Crippen molar-refractivity contribution in [2.24, 2.45) is 7.05 Å². The van der Waals surface area contributed by atoms with Gasteiger partial charge < -0.3 is 14.4 Å². The predicted octanol–water partition coefficient (Wildman–Crippen LogP) is 1.58. The number of hydrogen-bond donors (Lipinski definition) is 0. The molecule has 0 N–H and O–H groups in total. The van der Waals surface area contributed by atoms with Crippen molar-refractivity contribution in [1.82, 2.24) is 9.78 Å². The minimum atomic E-state index is -0.349. The lowest BCUT2D eigenvalue weighted by molar-refractivity contribution is 0.0526. The number of nitrogens with zero attached hydrogens (tertiary/aromatic N) is 3. The van der Waals surface area contributed by atoms with E-state index in [1.165, 1.54) is 0 Å². The summed E-state index contributed by atoms with van der Waals surface area (Å²) in [5, 5.41) is 4.26. The van der Waals surface area contributed by atoms with E-state index in [1.807, 2.05) is 7.05 Å². The Morgan fingerprint density at radius 1 is 1.58 bits per heavy atom. The second-order valence-electron chi connectivity index (χ2n) is 4.43. The molecule has 1 aliphatic rings. The third-order valence-corrected chi connectivity index (χ3v) is 3.79. The van der Waals surface area contributed by atoms with Gasteiger partial charge in [0, 0.05) is 27.2 Å². The van der Waals surface area contributed by atoms with E-state index >= 15 is 0 Å². The molecule has 1 fully saturated rings. The first-order valence-electron chi connectivity index (χ1n) is 6.25. The Bertz CT molecular complexity index is 475. The zero-order chi connectivity index (χ0) is 14.0. The molecular formula is C12H18BrN3O3. The Balaban J connectivity index is 2.32. The number of carbonyl (C=O) groups is 1. The highest BCUT2D eigenvalue weighted by Crippen LogP contribution is 2.30. The summed E-state index contributed by atoms with van der Waals surface area (Å²) in [6.45, 7) is 3.74. The molecule has 0 unspecified atom stereocenters. The fourth-order valence-electron chi connectivity index (χ4n) is 2.34. The molecule has 0 aromatic carbocycles. The maximum atomic E-state index is 12.0. The Kier molecular flexibility index (Phi) is 4.46. The molecule has 1 atom stereocenters. The van der Waals surface area contributed by atoms with E-state index in [0.717, 1.165) is 25.3 Å². The van der Waals surface area contributed by atoms with Crippen molar-refractivity contribution in [2.45, 2.75) is 19.4 Å². The standard InChI is InChI=1S/C12H18BrN3O3/c1-4-19-12(17)9-10(13)14-15(2)11(9)16-6-5-8(7-16)18-3/h8H,4-7H2,1-3H3/t8-/m1/s1. The monoisotopic (exact) mass is 331 g/mol. The van der Waals surface area contributed by atoms with E-state index in [1.54, 1.807) is 18.7 Å². The summed E-state index contributed by atoms with van der Waals surface area (Å²) in [5.74, 6) is 0.434. The quantitative estimate of drug-likeness (QED) is 0.784. The third-order valence-electron chi connectivity index (χ3n) is 3.23. The molecule has 2 rings (SSSR count). The molecule has 7 heteroatoms. The normalized spacial score (nSPS) is 18.9. The lowest BCUT2D eigenvalue weighted by Gasteiger charge is -2.19. The molecule has 1 aromatic rings. The lowest BCUT2D eigenvalue weighted by atomic mass is 10.3. The van der Waals surface area contributed by atoms with Gasteiger partial charge in [-0.15, -0.1) is 0 Å². The largest absolute Gasteiger partial charge is 0.462 e. The number of aromatic nitrogens is 2. The number of methoxy groups -OCH3 is 1. The van der Waals surface area contributed by atoms with Crippen LogP contribution in [0.1, 0.15) is 23.7 Å². The van der Waals surface area contributed by atoms with Crippen LogP contribution in [0.4, 0.5) is 5.82 Å². The second kappa shape index (κ2) is 5.92. The van der Waals surface area contributed by atoms with Crippen LogP contribution in [0.25, 0.3) is 0 Å². The second-order valence-corrected chi connectivity index (χ2v) is 5.18. The Hall–Kier alpha value is -1.08. The molecule has 0 aliphatic carbocycles. The fourth-order valence-corrected chi connectivity index (χ4v) is 2.91. The van der Waals surface area contributed by atoms with Gasteiger partial charge in [-0.25, -0.2) is 4.79 Å². The number of anilines is 1. The molecule has 1 aromatic heterocycles. The van der Waals surface area contributed by atoms with Crippen molar-refractivity contribution >= 4 is 27.7 Å². The molecule has 106 valence electrons. The number of halogens is 1. The Morgan fingerprint density at radius 2 is 2.32 bits per heavy atom. The van der Waals surface area contributed by atoms with Crippen LogP contribution in [0.15, 0.2) is 4.60 Å². The van der Waals surface area contributed by atoms with Crippen LogP contribution in [0.3, 0.4) is 0 Å². The number of carbonyl (C=O) groups excluding carboxylic acids is 1. The summed E-state index contributed by atoms with van der Waals surface area (Å²) in [4.78, 5) is 14.2. The van der Waals surface area contributed by atoms with Crippen molar-refractivity contribution in [3.05, 3.63) is 10.2 Å². The molecule has 2 heterocycles. The number of ether oxygens (including phenoxy) is 2. The first-order chi connectivity index (χ1) is 9.08. The summed E-state index contributed by atoms with van der Waals surface area (Å²) in [6.07, 6.45) is 1.14. The zero-order valence-electron chi connectivity index (χ0n) is 11.4. The first-order valence-corrected chi connectivity index (χ1v) is 7.05. The van der Waals surface area contributed by atoms with Gasteiger partial charge in [0.2, 0.25) is 0 Å². The number of esters is 1. The molecule has 0 radical (unpaired) electrons. The molecule has 6 nitrogen and oxygen atoms in total. The van der Waals surface area contributed by atoms with Crippen LogP contribution in [-0.2, 0) is 16.5 Å². The van der Waals surface area contributed by atoms with Crippen LogP contribution in [0.2, 0.25) is 0 Å². The van der Waals surface area contributed by atoms with Crippen LogP contribution >= 0.6 is 15.9 Å². The van der Waals surface area contributed by atoms with Gasteiger partial charge >= 0.3 is 5.97 Å². The average Bonchev–Trinajstić information content (AvgIpc) is 2.93. The predicted molar refractivity (Wildman–Crippen MR) is 74.5 cm³/mol. The average molecular weight is 332 g/mol. The van der Waals surface area contributed by atoms with E-state index in [2.05, 4.69) is 25.9 Å². The summed E-state index contributed by atoms with van der Waals surface area (Å²) in [5.41, 5.74) is 0.487. The van der Waals surface area contributed by atoms with Crippen LogP contribution in [0, 0.1) is 0 Å². The van der Waals surface area contributed by atoms with Gasteiger partial charge in [-0.1, -0.05) is 0 Å². The summed E-state index contributed by atoms with van der Waals surface area (Å²) >= 11 is 3.33. The third kappa shape index (κ3) is 2.76. The van der Waals surface area contributed by atoms with Crippen LogP contribution in [-0.4, -0.2) is 48.7 Å². The smallest absolute Gasteiger partial charge is 0.344 e. The SMILES string of the molecule is CCOC(=O)c1c(Br)nn(C)c1N1CC[C@@H](OC)C1. The Labute approximate surface area is 120 Å². The fraction of sp³-hybridized carbons (Fsp3) is 0.667. The van der Waals surface area contributed by atoms with Crippen LogP contribution in [0.5, 0.6) is 0 Å². The molecule has 1 aliphatic heterocycles. The lowest BCUT2D eigenvalue weighted by Crippen LogP contribution is -2.26. The van der Waals surface area contributed by atoms with Crippen molar-refractivity contribution in [2.75, 3.05) is 31.7 Å². The van der Waals surface area contributed by atoms with E-state index < -0.39 is 0 Å². The molecule has 0 bridgehead atoms. The van der Waals surface area contributed by atoms with Gasteiger partial charge in [-0.2, -0.15) is 5.10 Å². The van der Waals surface area contributed by atoms with Crippen molar-refractivity contribution < 1.29 is 14.3 Å². The van der Waals surface area contributed by atoms with E-state index in [4.69, 9.17) is 9.47 Å². The molecular weight excluding hydrogens is 314 g/mol. The Morgan fingerprint density at radius 3 is 2.89 bits per heavy atom. The molecule has 0 amide bonds. The topological polar surface area (TPSA) is 56.6 Å². The number of aryl methyl sites for hydroxylation is 1. The number of rotatable bonds is 4. The van der Waals surface area contributed by atoms with Crippen molar-refractivity contribution in [3.8, 4) is 0 Å². The van der Waals surface area contributed by atoms with Gasteiger partial charge in [0.25, 0.3) is 0 Å². The summed E-state index contributed by atoms with van der Waals surface area (Å²) in [7, 11) is 3.53. The summed E-state index contributed by atoms with van der Waals surface area (Å²) < 4.78 is 12.7. The minimum absolute atomic E-state index is 0.198. The summed E-state index contributed by atoms with van der Waals surface area (Å²) in [6, 6.07) is 0. The highest BCUT2D eigenvalue weighted by molar-refractivity contribution is 9.10. The minimum Gasteiger partial charge on any atom is -0.462 e. The van der Waals surface area contributed by atoms with Gasteiger partial charge in [0.05, 0.1) is 12.7 Å². The van der Waals surface area contributed by atoms with Gasteiger partial charge in [-0.3, -0.25) is 4.68 Å². The molecule has 0 saturated carbocycles. The molecule has 19 heavy (non-hydrogen) atoms. The van der Waals surface area contributed by atoms with E-state index in [0.29, 0.717) is 16.8 Å². The van der Waals surface area contributed by atoms with Gasteiger partial charge in [-0.05, 0) is 29.3 Å². The maximum Gasteiger partial charge on any atom is 0.344 e.